The van der Waals surface area contributed by atoms with E-state index in [1.54, 1.807) is 12.1 Å². The Morgan fingerprint density at radius 1 is 1.03 bits per heavy atom. The highest BCUT2D eigenvalue weighted by Gasteiger charge is 2.43. The number of hydrogen-bond acceptors (Lipinski definition) is 2. The fraction of sp³-hybridized carbons (Fsp3) is 0.381. The van der Waals surface area contributed by atoms with Crippen molar-refractivity contribution in [3.8, 4) is 0 Å². The van der Waals surface area contributed by atoms with E-state index in [1.165, 1.54) is 24.1 Å². The molecule has 1 aliphatic rings. The second-order valence-electron chi connectivity index (χ2n) is 7.48. The third-order valence-corrected chi connectivity index (χ3v) is 5.18. The molecular formula is C21H21ClF7N3O. The smallest absolute Gasteiger partial charge is 0.323 e. The molecule has 33 heavy (non-hydrogen) atoms. The van der Waals surface area contributed by atoms with Gasteiger partial charge in [-0.3, -0.25) is 0 Å². The molecule has 0 saturated carbocycles. The minimum Gasteiger partial charge on any atom is -0.323 e. The van der Waals surface area contributed by atoms with Gasteiger partial charge in [-0.15, -0.1) is 12.4 Å². The molecule has 182 valence electrons. The van der Waals surface area contributed by atoms with Gasteiger partial charge in [-0.1, -0.05) is 18.2 Å². The molecule has 2 aromatic rings. The summed E-state index contributed by atoms with van der Waals surface area (Å²) in [5.41, 5.74) is -2.99. The molecular weight excluding hydrogens is 479 g/mol. The topological polar surface area (TPSA) is 35.6 Å². The molecule has 1 unspecified atom stereocenters. The second kappa shape index (κ2) is 10.2. The van der Waals surface area contributed by atoms with Crippen LogP contribution in [0.15, 0.2) is 42.5 Å². The van der Waals surface area contributed by atoms with Gasteiger partial charge in [-0.25, -0.2) is 9.18 Å². The molecule has 3 rings (SSSR count). The van der Waals surface area contributed by atoms with Crippen molar-refractivity contribution in [3.05, 3.63) is 70.5 Å². The van der Waals surface area contributed by atoms with Gasteiger partial charge in [0.2, 0.25) is 0 Å². The van der Waals surface area contributed by atoms with Gasteiger partial charge < -0.3 is 15.1 Å². The molecule has 1 aliphatic heterocycles. The Morgan fingerprint density at radius 2 is 1.64 bits per heavy atom. The fourth-order valence-corrected chi connectivity index (χ4v) is 3.65. The highest BCUT2D eigenvalue weighted by molar-refractivity contribution is 5.85. The molecule has 1 fully saturated rings. The fourth-order valence-electron chi connectivity index (χ4n) is 3.65. The molecule has 0 spiro atoms. The van der Waals surface area contributed by atoms with Gasteiger partial charge in [0.15, 0.2) is 0 Å². The van der Waals surface area contributed by atoms with Gasteiger partial charge in [0, 0.05) is 33.2 Å². The second-order valence-corrected chi connectivity index (χ2v) is 7.48. The van der Waals surface area contributed by atoms with Gasteiger partial charge in [-0.2, -0.15) is 26.3 Å². The molecule has 0 bridgehead atoms. The summed E-state index contributed by atoms with van der Waals surface area (Å²) in [6, 6.07) is 6.39. The molecule has 1 N–H and O–H groups in total. The van der Waals surface area contributed by atoms with Gasteiger partial charge in [0.1, 0.15) is 5.82 Å². The van der Waals surface area contributed by atoms with Crippen LogP contribution in [0.3, 0.4) is 0 Å². The van der Waals surface area contributed by atoms with Crippen LogP contribution in [0.2, 0.25) is 0 Å². The van der Waals surface area contributed by atoms with Gasteiger partial charge in [0.25, 0.3) is 0 Å². The Labute approximate surface area is 191 Å². The maximum absolute atomic E-state index is 13.2. The van der Waals surface area contributed by atoms with E-state index >= 15 is 0 Å². The summed E-state index contributed by atoms with van der Waals surface area (Å²) < 4.78 is 91.7. The standard InChI is InChI=1S/C21H20F7N3O.ClH/c1-30(12-13-2-7-16(20(23,24)25)17(10-13)21(26,27)28)19(32)31-9-8-29-11-18(31)14-3-5-15(22)6-4-14;/h2-7,10,18,29H,8-9,11-12H2,1H3;1H. The summed E-state index contributed by atoms with van der Waals surface area (Å²) >= 11 is 0. The number of benzene rings is 2. The first kappa shape index (κ1) is 26.7. The molecule has 2 amide bonds. The molecule has 1 saturated heterocycles. The molecule has 0 aromatic heterocycles. The lowest BCUT2D eigenvalue weighted by Gasteiger charge is -2.38. The van der Waals surface area contributed by atoms with Gasteiger partial charge in [0.05, 0.1) is 17.2 Å². The molecule has 4 nitrogen and oxygen atoms in total. The van der Waals surface area contributed by atoms with Gasteiger partial charge >= 0.3 is 18.4 Å². The third kappa shape index (κ3) is 6.29. The van der Waals surface area contributed by atoms with Crippen LogP contribution in [0.4, 0.5) is 35.5 Å². The number of nitrogens with one attached hydrogen (secondary N) is 1. The summed E-state index contributed by atoms with van der Waals surface area (Å²) in [5.74, 6) is -0.435. The normalized spacial score (nSPS) is 16.8. The minimum atomic E-state index is -5.20. The number of carbonyl (C=O) groups excluding carboxylic acids is 1. The molecule has 2 aromatic carbocycles. The molecule has 1 atom stereocenters. The highest BCUT2D eigenvalue weighted by atomic mass is 35.5. The number of piperazine rings is 1. The third-order valence-electron chi connectivity index (χ3n) is 5.18. The number of rotatable bonds is 3. The summed E-state index contributed by atoms with van der Waals surface area (Å²) in [4.78, 5) is 15.7. The Balaban J connectivity index is 0.00000385. The van der Waals surface area contributed by atoms with Crippen LogP contribution in [0, 0.1) is 5.82 Å². The number of nitrogens with zero attached hydrogens (tertiary/aromatic N) is 2. The molecule has 12 heteroatoms. The number of urea groups is 1. The van der Waals surface area contributed by atoms with Crippen molar-refractivity contribution in [1.29, 1.82) is 0 Å². The van der Waals surface area contributed by atoms with E-state index in [2.05, 4.69) is 5.32 Å². The van der Waals surface area contributed by atoms with Crippen LogP contribution in [-0.2, 0) is 18.9 Å². The van der Waals surface area contributed by atoms with Crippen molar-refractivity contribution >= 4 is 18.4 Å². The van der Waals surface area contributed by atoms with Crippen molar-refractivity contribution in [2.45, 2.75) is 24.9 Å². The zero-order valence-electron chi connectivity index (χ0n) is 17.3. The van der Waals surface area contributed by atoms with E-state index in [0.717, 1.165) is 11.0 Å². The predicted octanol–water partition coefficient (Wildman–Crippen LogP) is 5.48. The monoisotopic (exact) mass is 499 g/mol. The van der Waals surface area contributed by atoms with E-state index in [-0.39, 0.29) is 24.5 Å². The van der Waals surface area contributed by atoms with E-state index in [9.17, 15) is 35.5 Å². The lowest BCUT2D eigenvalue weighted by molar-refractivity contribution is -0.162. The Kier molecular flexibility index (Phi) is 8.23. The van der Waals surface area contributed by atoms with Crippen molar-refractivity contribution in [3.63, 3.8) is 0 Å². The first-order valence-electron chi connectivity index (χ1n) is 9.63. The van der Waals surface area contributed by atoms with Crippen LogP contribution in [-0.4, -0.2) is 42.5 Å². The summed E-state index contributed by atoms with van der Waals surface area (Å²) in [6.45, 7) is 0.853. The Hall–Kier alpha value is -2.53. The SMILES string of the molecule is CN(Cc1ccc(C(F)(F)F)c(C(F)(F)F)c1)C(=O)N1CCNCC1c1ccc(F)cc1.Cl. The summed E-state index contributed by atoms with van der Waals surface area (Å²) in [6.07, 6.45) is -10.4. The van der Waals surface area contributed by atoms with Crippen LogP contribution in [0.1, 0.15) is 28.3 Å². The highest BCUT2D eigenvalue weighted by Crippen LogP contribution is 2.40. The van der Waals surface area contributed by atoms with Crippen LogP contribution in [0.25, 0.3) is 0 Å². The minimum absolute atomic E-state index is 0. The first-order valence-corrected chi connectivity index (χ1v) is 9.63. The maximum atomic E-state index is 13.2. The predicted molar refractivity (Wildman–Crippen MR) is 109 cm³/mol. The van der Waals surface area contributed by atoms with Crippen molar-refractivity contribution in [2.24, 2.45) is 0 Å². The number of amides is 2. The summed E-state index contributed by atoms with van der Waals surface area (Å²) in [5, 5.41) is 3.13. The maximum Gasteiger partial charge on any atom is 0.417 e. The average Bonchev–Trinajstić information content (AvgIpc) is 2.72. The van der Waals surface area contributed by atoms with Crippen molar-refractivity contribution in [2.75, 3.05) is 26.7 Å². The van der Waals surface area contributed by atoms with Crippen molar-refractivity contribution < 1.29 is 35.5 Å². The molecule has 0 aliphatic carbocycles. The average molecular weight is 500 g/mol. The lowest BCUT2D eigenvalue weighted by atomic mass is 10.0. The van der Waals surface area contributed by atoms with E-state index in [4.69, 9.17) is 0 Å². The Morgan fingerprint density at radius 3 is 2.21 bits per heavy atom. The largest absolute Gasteiger partial charge is 0.417 e. The van der Waals surface area contributed by atoms with Gasteiger partial charge in [-0.05, 0) is 35.4 Å². The summed E-state index contributed by atoms with van der Waals surface area (Å²) in [7, 11) is 1.36. The van der Waals surface area contributed by atoms with Crippen molar-refractivity contribution in [1.82, 2.24) is 15.1 Å². The zero-order chi connectivity index (χ0) is 23.7. The molecule has 1 heterocycles. The van der Waals surface area contributed by atoms with Crippen LogP contribution < -0.4 is 5.32 Å². The van der Waals surface area contributed by atoms with E-state index < -0.39 is 41.4 Å². The quantitative estimate of drug-likeness (QED) is 0.567. The van der Waals surface area contributed by atoms with E-state index in [0.29, 0.717) is 37.3 Å². The number of carbonyl (C=O) groups is 1. The van der Waals surface area contributed by atoms with E-state index in [1.807, 2.05) is 0 Å². The van der Waals surface area contributed by atoms with Crippen LogP contribution >= 0.6 is 12.4 Å². The van der Waals surface area contributed by atoms with Crippen LogP contribution in [0.5, 0.6) is 0 Å². The zero-order valence-corrected chi connectivity index (χ0v) is 18.1. The number of halogens is 8. The Bertz CT molecular complexity index is 964. The first-order chi connectivity index (χ1) is 14.9. The lowest BCUT2D eigenvalue weighted by Crippen LogP contribution is -2.52. The number of hydrogen-bond donors (Lipinski definition) is 1. The molecule has 0 radical (unpaired) electrons. The number of alkyl halides is 6.